The minimum atomic E-state index is -0.897. The number of rotatable bonds is 5. The highest BCUT2D eigenvalue weighted by molar-refractivity contribution is 6.30. The van der Waals surface area contributed by atoms with Gasteiger partial charge in [-0.25, -0.2) is 4.98 Å². The van der Waals surface area contributed by atoms with Crippen molar-refractivity contribution in [2.45, 2.75) is 45.1 Å². The molecule has 1 rings (SSSR count). The molecule has 1 heterocycles. The molecular formula is C12H19ClN2O. The number of aromatic nitrogens is 1. The summed E-state index contributed by atoms with van der Waals surface area (Å²) in [6.45, 7) is 4.07. The van der Waals surface area contributed by atoms with Gasteiger partial charge in [-0.05, 0) is 18.9 Å². The minimum absolute atomic E-state index is 0.369. The Morgan fingerprint density at radius 3 is 2.44 bits per heavy atom. The lowest BCUT2D eigenvalue weighted by Crippen LogP contribution is -2.27. The summed E-state index contributed by atoms with van der Waals surface area (Å²) in [4.78, 5) is 4.00. The average Bonchev–Trinajstić information content (AvgIpc) is 2.22. The Hall–Kier alpha value is -0.800. The summed E-state index contributed by atoms with van der Waals surface area (Å²) in [5, 5.41) is 11.1. The van der Waals surface area contributed by atoms with Gasteiger partial charge in [0, 0.05) is 11.8 Å². The lowest BCUT2D eigenvalue weighted by atomic mass is 9.85. The van der Waals surface area contributed by atoms with E-state index in [1.807, 2.05) is 13.8 Å². The third-order valence-electron chi connectivity index (χ3n) is 2.71. The highest BCUT2D eigenvalue weighted by atomic mass is 35.5. The van der Waals surface area contributed by atoms with Crippen molar-refractivity contribution in [3.63, 3.8) is 0 Å². The van der Waals surface area contributed by atoms with E-state index >= 15 is 0 Å². The molecule has 0 saturated carbocycles. The number of nitrogens with two attached hydrogens (primary N) is 1. The number of nitrogen functional groups attached to an aromatic ring is 1. The monoisotopic (exact) mass is 242 g/mol. The van der Waals surface area contributed by atoms with E-state index in [1.165, 1.54) is 6.20 Å². The largest absolute Gasteiger partial charge is 0.385 e. The second-order valence-electron chi connectivity index (χ2n) is 4.12. The number of aliphatic hydroxyl groups is 1. The molecule has 0 unspecified atom stereocenters. The van der Waals surface area contributed by atoms with E-state index in [1.54, 1.807) is 6.07 Å². The first-order valence-electron chi connectivity index (χ1n) is 5.67. The van der Waals surface area contributed by atoms with Crippen molar-refractivity contribution in [3.05, 3.63) is 22.8 Å². The molecule has 0 radical (unpaired) electrons. The maximum absolute atomic E-state index is 10.6. The first-order chi connectivity index (χ1) is 7.53. The van der Waals surface area contributed by atoms with Gasteiger partial charge in [-0.2, -0.15) is 0 Å². The Morgan fingerprint density at radius 2 is 1.94 bits per heavy atom. The Morgan fingerprint density at radius 1 is 1.38 bits per heavy atom. The van der Waals surface area contributed by atoms with Crippen LogP contribution < -0.4 is 5.73 Å². The van der Waals surface area contributed by atoms with Crippen LogP contribution in [0.5, 0.6) is 0 Å². The van der Waals surface area contributed by atoms with Crippen LogP contribution in [-0.2, 0) is 5.60 Å². The summed E-state index contributed by atoms with van der Waals surface area (Å²) >= 11 is 5.89. The van der Waals surface area contributed by atoms with E-state index in [0.29, 0.717) is 29.2 Å². The van der Waals surface area contributed by atoms with E-state index < -0.39 is 5.60 Å². The van der Waals surface area contributed by atoms with Crippen LogP contribution in [0, 0.1) is 0 Å². The molecule has 3 nitrogen and oxygen atoms in total. The quantitative estimate of drug-likeness (QED) is 0.834. The number of hydrogen-bond acceptors (Lipinski definition) is 3. The molecule has 0 bridgehead atoms. The second kappa shape index (κ2) is 5.51. The standard InChI is InChI=1S/C12H19ClN2O/c1-3-5-12(16,6-4-2)10-7-9(13)8-15-11(10)14/h7-8,16H,3-6H2,1-2H3,(H2,14,15). The summed E-state index contributed by atoms with van der Waals surface area (Å²) < 4.78 is 0. The number of nitrogens with zero attached hydrogens (tertiary/aromatic N) is 1. The summed E-state index contributed by atoms with van der Waals surface area (Å²) in [6, 6.07) is 1.72. The molecule has 0 fully saturated rings. The third kappa shape index (κ3) is 2.86. The zero-order chi connectivity index (χ0) is 12.2. The highest BCUT2D eigenvalue weighted by Crippen LogP contribution is 2.35. The number of halogens is 1. The fraction of sp³-hybridized carbons (Fsp3) is 0.583. The molecule has 0 saturated heterocycles. The normalized spacial score (nSPS) is 11.8. The van der Waals surface area contributed by atoms with Crippen molar-refractivity contribution < 1.29 is 5.11 Å². The molecule has 0 amide bonds. The molecule has 0 aliphatic carbocycles. The van der Waals surface area contributed by atoms with Gasteiger partial charge in [0.1, 0.15) is 5.82 Å². The maximum Gasteiger partial charge on any atom is 0.129 e. The van der Waals surface area contributed by atoms with Crippen LogP contribution in [0.25, 0.3) is 0 Å². The van der Waals surface area contributed by atoms with Crippen LogP contribution >= 0.6 is 11.6 Å². The lowest BCUT2D eigenvalue weighted by Gasteiger charge is -2.28. The predicted octanol–water partition coefficient (Wildman–Crippen LogP) is 3.11. The third-order valence-corrected chi connectivity index (χ3v) is 2.92. The second-order valence-corrected chi connectivity index (χ2v) is 4.55. The Balaban J connectivity index is 3.14. The number of hydrogen-bond donors (Lipinski definition) is 2. The molecule has 90 valence electrons. The molecule has 1 aromatic rings. The highest BCUT2D eigenvalue weighted by Gasteiger charge is 2.30. The van der Waals surface area contributed by atoms with Gasteiger partial charge in [0.2, 0.25) is 0 Å². The van der Waals surface area contributed by atoms with Crippen LogP contribution in [0.3, 0.4) is 0 Å². The van der Waals surface area contributed by atoms with Gasteiger partial charge in [0.25, 0.3) is 0 Å². The van der Waals surface area contributed by atoms with Gasteiger partial charge >= 0.3 is 0 Å². The van der Waals surface area contributed by atoms with E-state index in [-0.39, 0.29) is 0 Å². The van der Waals surface area contributed by atoms with Crippen LogP contribution in [-0.4, -0.2) is 10.1 Å². The first kappa shape index (κ1) is 13.3. The molecule has 0 aliphatic heterocycles. The zero-order valence-electron chi connectivity index (χ0n) is 9.83. The summed E-state index contributed by atoms with van der Waals surface area (Å²) in [5.41, 5.74) is 5.57. The fourth-order valence-corrected chi connectivity index (χ4v) is 2.20. The molecule has 1 aromatic heterocycles. The SMILES string of the molecule is CCCC(O)(CCC)c1cc(Cl)cnc1N. The van der Waals surface area contributed by atoms with E-state index in [9.17, 15) is 5.11 Å². The molecule has 0 atom stereocenters. The lowest BCUT2D eigenvalue weighted by molar-refractivity contribution is 0.0175. The first-order valence-corrected chi connectivity index (χ1v) is 6.05. The smallest absolute Gasteiger partial charge is 0.129 e. The molecule has 0 aromatic carbocycles. The van der Waals surface area contributed by atoms with Crippen LogP contribution in [0.2, 0.25) is 5.02 Å². The summed E-state index contributed by atoms with van der Waals surface area (Å²) in [7, 11) is 0. The van der Waals surface area contributed by atoms with Crippen molar-refractivity contribution in [1.29, 1.82) is 0 Å². The molecule has 3 N–H and O–H groups in total. The van der Waals surface area contributed by atoms with Gasteiger partial charge in [0.05, 0.1) is 10.6 Å². The molecule has 0 aliphatic rings. The van der Waals surface area contributed by atoms with Gasteiger partial charge in [-0.15, -0.1) is 0 Å². The molecule has 0 spiro atoms. The molecule has 16 heavy (non-hydrogen) atoms. The number of anilines is 1. The van der Waals surface area contributed by atoms with E-state index in [2.05, 4.69) is 4.98 Å². The van der Waals surface area contributed by atoms with Crippen molar-refractivity contribution in [2.24, 2.45) is 0 Å². The summed E-state index contributed by atoms with van der Waals surface area (Å²) in [6.07, 6.45) is 4.63. The van der Waals surface area contributed by atoms with Crippen LogP contribution in [0.1, 0.15) is 45.1 Å². The van der Waals surface area contributed by atoms with Gasteiger partial charge in [-0.3, -0.25) is 0 Å². The summed E-state index contributed by atoms with van der Waals surface area (Å²) in [5.74, 6) is 0.369. The van der Waals surface area contributed by atoms with Crippen molar-refractivity contribution in [1.82, 2.24) is 4.98 Å². The predicted molar refractivity (Wildman–Crippen MR) is 67.4 cm³/mol. The van der Waals surface area contributed by atoms with Crippen molar-refractivity contribution in [2.75, 3.05) is 5.73 Å². The van der Waals surface area contributed by atoms with E-state index in [0.717, 1.165) is 12.8 Å². The van der Waals surface area contributed by atoms with Crippen LogP contribution in [0.15, 0.2) is 12.3 Å². The average molecular weight is 243 g/mol. The maximum atomic E-state index is 10.6. The van der Waals surface area contributed by atoms with E-state index in [4.69, 9.17) is 17.3 Å². The van der Waals surface area contributed by atoms with Gasteiger partial charge in [0.15, 0.2) is 0 Å². The Kier molecular flexibility index (Phi) is 4.56. The Bertz CT molecular complexity index is 349. The minimum Gasteiger partial charge on any atom is -0.385 e. The molecular weight excluding hydrogens is 224 g/mol. The van der Waals surface area contributed by atoms with Crippen LogP contribution in [0.4, 0.5) is 5.82 Å². The van der Waals surface area contributed by atoms with Crippen molar-refractivity contribution >= 4 is 17.4 Å². The van der Waals surface area contributed by atoms with Crippen molar-refractivity contribution in [3.8, 4) is 0 Å². The van der Waals surface area contributed by atoms with Gasteiger partial charge < -0.3 is 10.8 Å². The topological polar surface area (TPSA) is 59.1 Å². The van der Waals surface area contributed by atoms with Gasteiger partial charge in [-0.1, -0.05) is 38.3 Å². The number of pyridine rings is 1. The Labute approximate surface area is 102 Å². The molecule has 4 heteroatoms. The zero-order valence-corrected chi connectivity index (χ0v) is 10.6. The fourth-order valence-electron chi connectivity index (χ4n) is 2.04.